The lowest BCUT2D eigenvalue weighted by molar-refractivity contribution is -0.145. The van der Waals surface area contributed by atoms with Crippen LogP contribution in [0.3, 0.4) is 0 Å². The van der Waals surface area contributed by atoms with Gasteiger partial charge in [-0.25, -0.2) is 4.98 Å². The molecule has 0 bridgehead atoms. The number of anilines is 1. The number of likely N-dealkylation sites (tertiary alicyclic amines) is 1. The minimum absolute atomic E-state index is 0.00165. The van der Waals surface area contributed by atoms with Gasteiger partial charge in [-0.05, 0) is 65.2 Å². The maximum absolute atomic E-state index is 12.6. The average Bonchev–Trinajstić information content (AvgIpc) is 3.12. The molecule has 5 nitrogen and oxygen atoms in total. The first-order valence-electron chi connectivity index (χ1n) is 7.84. The van der Waals surface area contributed by atoms with Gasteiger partial charge in [-0.2, -0.15) is 0 Å². The molecule has 1 saturated heterocycles. The van der Waals surface area contributed by atoms with Crippen LogP contribution in [0.15, 0.2) is 34.4 Å². The number of aryl methyl sites for hydroxylation is 1. The van der Waals surface area contributed by atoms with Gasteiger partial charge in [-0.3, -0.25) is 9.59 Å². The van der Waals surface area contributed by atoms with Crippen LogP contribution in [0.25, 0.3) is 0 Å². The Labute approximate surface area is 153 Å². The molecule has 0 aromatic carbocycles. The van der Waals surface area contributed by atoms with Crippen LogP contribution >= 0.6 is 27.3 Å². The van der Waals surface area contributed by atoms with Gasteiger partial charge in [0.2, 0.25) is 0 Å². The van der Waals surface area contributed by atoms with E-state index < -0.39 is 11.8 Å². The molecule has 1 unspecified atom stereocenters. The number of carbonyl (C=O) groups excluding carboxylic acids is 2. The van der Waals surface area contributed by atoms with E-state index in [1.165, 1.54) is 6.20 Å². The van der Waals surface area contributed by atoms with Crippen LogP contribution in [0.1, 0.15) is 35.7 Å². The van der Waals surface area contributed by atoms with Crippen molar-refractivity contribution in [3.63, 3.8) is 0 Å². The van der Waals surface area contributed by atoms with Crippen molar-refractivity contribution in [1.29, 1.82) is 0 Å². The molecule has 0 aliphatic carbocycles. The third-order valence-corrected chi connectivity index (χ3v) is 5.91. The molecule has 1 N–H and O–H groups in total. The molecule has 126 valence electrons. The van der Waals surface area contributed by atoms with Crippen molar-refractivity contribution >= 4 is 44.8 Å². The van der Waals surface area contributed by atoms with Gasteiger partial charge in [0.05, 0.1) is 17.9 Å². The lowest BCUT2D eigenvalue weighted by Gasteiger charge is -2.34. The Balaban J connectivity index is 1.73. The van der Waals surface area contributed by atoms with Crippen LogP contribution in [-0.2, 0) is 9.59 Å². The van der Waals surface area contributed by atoms with E-state index in [1.54, 1.807) is 22.3 Å². The van der Waals surface area contributed by atoms with E-state index in [4.69, 9.17) is 0 Å². The normalized spacial score (nSPS) is 17.6. The fourth-order valence-corrected chi connectivity index (χ4v) is 3.98. The standard InChI is InChI=1S/C17H18BrN3O2S/c1-11-9-12(10-19-15(11)18)20-16(22)17(23)21-7-3-2-5-13(21)14-6-4-8-24-14/h4,6,8-10,13H,2-3,5,7H2,1H3,(H,20,22). The summed E-state index contributed by atoms with van der Waals surface area (Å²) in [5.74, 6) is -1.09. The number of pyridine rings is 1. The lowest BCUT2D eigenvalue weighted by atomic mass is 10.0. The summed E-state index contributed by atoms with van der Waals surface area (Å²) >= 11 is 4.95. The van der Waals surface area contributed by atoms with Crippen molar-refractivity contribution in [1.82, 2.24) is 9.88 Å². The summed E-state index contributed by atoms with van der Waals surface area (Å²) in [6.07, 6.45) is 4.44. The highest BCUT2D eigenvalue weighted by molar-refractivity contribution is 9.10. The molecule has 3 heterocycles. The number of thiophene rings is 1. The average molecular weight is 408 g/mol. The number of hydrogen-bond donors (Lipinski definition) is 1. The molecule has 2 amide bonds. The predicted octanol–water partition coefficient (Wildman–Crippen LogP) is 3.91. The van der Waals surface area contributed by atoms with Crippen LogP contribution in [0.4, 0.5) is 5.69 Å². The molecule has 1 aliphatic heterocycles. The number of hydrogen-bond acceptors (Lipinski definition) is 4. The molecule has 0 spiro atoms. The summed E-state index contributed by atoms with van der Waals surface area (Å²) in [5, 5.41) is 4.67. The Morgan fingerprint density at radius 3 is 2.96 bits per heavy atom. The van der Waals surface area contributed by atoms with Gasteiger partial charge < -0.3 is 10.2 Å². The summed E-state index contributed by atoms with van der Waals surface area (Å²) < 4.78 is 0.723. The first-order chi connectivity index (χ1) is 11.6. The topological polar surface area (TPSA) is 62.3 Å². The van der Waals surface area contributed by atoms with Gasteiger partial charge in [0, 0.05) is 11.4 Å². The predicted molar refractivity (Wildman–Crippen MR) is 97.9 cm³/mol. The maximum Gasteiger partial charge on any atom is 0.313 e. The maximum atomic E-state index is 12.6. The van der Waals surface area contributed by atoms with Gasteiger partial charge in [-0.1, -0.05) is 6.07 Å². The van der Waals surface area contributed by atoms with Gasteiger partial charge in [0.1, 0.15) is 4.60 Å². The summed E-state index contributed by atoms with van der Waals surface area (Å²) in [4.78, 5) is 32.0. The summed E-state index contributed by atoms with van der Waals surface area (Å²) in [5.41, 5.74) is 1.42. The first-order valence-corrected chi connectivity index (χ1v) is 9.51. The molecule has 2 aromatic rings. The second kappa shape index (κ2) is 7.44. The molecule has 1 aliphatic rings. The van der Waals surface area contributed by atoms with Crippen molar-refractivity contribution in [2.24, 2.45) is 0 Å². The molecule has 7 heteroatoms. The quantitative estimate of drug-likeness (QED) is 0.606. The molecular formula is C17H18BrN3O2S. The molecule has 24 heavy (non-hydrogen) atoms. The zero-order valence-corrected chi connectivity index (χ0v) is 15.7. The number of halogens is 1. The third kappa shape index (κ3) is 3.67. The van der Waals surface area contributed by atoms with E-state index in [0.29, 0.717) is 12.2 Å². The zero-order valence-electron chi connectivity index (χ0n) is 13.3. The molecule has 0 saturated carbocycles. The third-order valence-electron chi connectivity index (χ3n) is 4.10. The lowest BCUT2D eigenvalue weighted by Crippen LogP contribution is -2.44. The number of nitrogens with zero attached hydrogens (tertiary/aromatic N) is 2. The molecule has 1 atom stereocenters. The van der Waals surface area contributed by atoms with Crippen molar-refractivity contribution in [3.8, 4) is 0 Å². The fourth-order valence-electron chi connectivity index (χ4n) is 2.89. The van der Waals surface area contributed by atoms with Crippen LogP contribution in [0.5, 0.6) is 0 Å². The van der Waals surface area contributed by atoms with Crippen molar-refractivity contribution in [3.05, 3.63) is 44.8 Å². The largest absolute Gasteiger partial charge is 0.327 e. The summed E-state index contributed by atoms with van der Waals surface area (Å²) in [7, 11) is 0. The van der Waals surface area contributed by atoms with Crippen molar-refractivity contribution in [2.75, 3.05) is 11.9 Å². The number of rotatable bonds is 2. The Hall–Kier alpha value is -1.73. The number of aromatic nitrogens is 1. The molecule has 1 fully saturated rings. The van der Waals surface area contributed by atoms with Crippen LogP contribution in [0, 0.1) is 6.92 Å². The summed E-state index contributed by atoms with van der Waals surface area (Å²) in [6, 6.07) is 5.80. The van der Waals surface area contributed by atoms with Crippen LogP contribution in [-0.4, -0.2) is 28.2 Å². The highest BCUT2D eigenvalue weighted by atomic mass is 79.9. The van der Waals surface area contributed by atoms with Crippen LogP contribution in [0.2, 0.25) is 0 Å². The van der Waals surface area contributed by atoms with Gasteiger partial charge in [0.15, 0.2) is 0 Å². The molecular weight excluding hydrogens is 390 g/mol. The van der Waals surface area contributed by atoms with E-state index in [-0.39, 0.29) is 6.04 Å². The number of carbonyl (C=O) groups is 2. The van der Waals surface area contributed by atoms with E-state index in [2.05, 4.69) is 26.2 Å². The Kier molecular flexibility index (Phi) is 5.30. The molecule has 2 aromatic heterocycles. The Morgan fingerprint density at radius 2 is 2.25 bits per heavy atom. The van der Waals surface area contributed by atoms with Crippen molar-refractivity contribution < 1.29 is 9.59 Å². The smallest absolute Gasteiger partial charge is 0.313 e. The molecule has 0 radical (unpaired) electrons. The highest BCUT2D eigenvalue weighted by Crippen LogP contribution is 2.33. The van der Waals surface area contributed by atoms with Gasteiger partial charge in [0.25, 0.3) is 0 Å². The van der Waals surface area contributed by atoms with Gasteiger partial charge >= 0.3 is 11.8 Å². The second-order valence-electron chi connectivity index (χ2n) is 5.81. The number of amides is 2. The fraction of sp³-hybridized carbons (Fsp3) is 0.353. The van der Waals surface area contributed by atoms with Gasteiger partial charge in [-0.15, -0.1) is 11.3 Å². The summed E-state index contributed by atoms with van der Waals surface area (Å²) in [6.45, 7) is 2.50. The highest BCUT2D eigenvalue weighted by Gasteiger charge is 2.32. The number of piperidine rings is 1. The Morgan fingerprint density at radius 1 is 1.42 bits per heavy atom. The SMILES string of the molecule is Cc1cc(NC(=O)C(=O)N2CCCCC2c2cccs2)cnc1Br. The Bertz CT molecular complexity index is 748. The zero-order chi connectivity index (χ0) is 17.1. The minimum atomic E-state index is -0.609. The monoisotopic (exact) mass is 407 g/mol. The van der Waals surface area contributed by atoms with E-state index in [1.807, 2.05) is 24.4 Å². The van der Waals surface area contributed by atoms with E-state index in [9.17, 15) is 9.59 Å². The second-order valence-corrected chi connectivity index (χ2v) is 7.54. The van der Waals surface area contributed by atoms with Crippen LogP contribution < -0.4 is 5.32 Å². The minimum Gasteiger partial charge on any atom is -0.327 e. The van der Waals surface area contributed by atoms with E-state index in [0.717, 1.165) is 34.3 Å². The van der Waals surface area contributed by atoms with E-state index >= 15 is 0 Å². The first kappa shape index (κ1) is 17.1. The molecule has 3 rings (SSSR count). The van der Waals surface area contributed by atoms with Crippen molar-refractivity contribution in [2.45, 2.75) is 32.2 Å². The number of nitrogens with one attached hydrogen (secondary N) is 1.